The van der Waals surface area contributed by atoms with Crippen molar-refractivity contribution in [3.8, 4) is 0 Å². The number of ether oxygens (including phenoxy) is 1. The van der Waals surface area contributed by atoms with Crippen LogP contribution in [0.4, 0.5) is 0 Å². The third-order valence-electron chi connectivity index (χ3n) is 6.62. The number of carboxylic acids is 2. The average molecular weight is 425 g/mol. The highest BCUT2D eigenvalue weighted by molar-refractivity contribution is 6.02. The van der Waals surface area contributed by atoms with Crippen molar-refractivity contribution in [2.45, 2.75) is 103 Å². The summed E-state index contributed by atoms with van der Waals surface area (Å²) in [7, 11) is 0. The zero-order chi connectivity index (χ0) is 22.8. The molecule has 0 aliphatic heterocycles. The number of ketones is 1. The van der Waals surface area contributed by atoms with E-state index in [9.17, 15) is 24.6 Å². The number of allylic oxidation sites excluding steroid dienone is 1. The lowest BCUT2D eigenvalue weighted by molar-refractivity contribution is -0.219. The van der Waals surface area contributed by atoms with E-state index in [1.807, 2.05) is 0 Å². The maximum absolute atomic E-state index is 13.0. The molecule has 0 aromatic heterocycles. The molecular formula is C24H40O6. The molecule has 0 spiro atoms. The van der Waals surface area contributed by atoms with Crippen molar-refractivity contribution >= 4 is 17.7 Å². The topological polar surface area (TPSA) is 101 Å². The van der Waals surface area contributed by atoms with E-state index in [4.69, 9.17) is 4.74 Å². The molecule has 6 heteroatoms. The van der Waals surface area contributed by atoms with Gasteiger partial charge in [0.2, 0.25) is 0 Å². The van der Waals surface area contributed by atoms with Gasteiger partial charge >= 0.3 is 11.9 Å². The summed E-state index contributed by atoms with van der Waals surface area (Å²) in [5.74, 6) is -3.83. The first-order chi connectivity index (χ1) is 14.2. The van der Waals surface area contributed by atoms with Crippen LogP contribution < -0.4 is 0 Å². The predicted octanol–water partition coefficient (Wildman–Crippen LogP) is 5.39. The number of carboxylic acid groups (broad SMARTS) is 2. The summed E-state index contributed by atoms with van der Waals surface area (Å²) < 4.78 is 5.73. The summed E-state index contributed by atoms with van der Waals surface area (Å²) >= 11 is 0. The molecule has 1 rings (SSSR count). The van der Waals surface area contributed by atoms with Gasteiger partial charge in [-0.1, -0.05) is 64.9 Å². The third kappa shape index (κ3) is 5.51. The standard InChI is InChI=1S/C24H40O6/c1-5-7-8-9-10-11-12-13-16-23(21(26)27)19(20(25)18(3)4)15-14-17-24(23,22(28)29)30-6-2/h19H,3,5-17H2,1-2,4H3,(H,26,27)(H,28,29). The second kappa shape index (κ2) is 12.2. The van der Waals surface area contributed by atoms with Crippen LogP contribution in [0.5, 0.6) is 0 Å². The van der Waals surface area contributed by atoms with Gasteiger partial charge in [0.25, 0.3) is 0 Å². The molecule has 0 aromatic rings. The first-order valence-corrected chi connectivity index (χ1v) is 11.5. The molecule has 3 atom stereocenters. The maximum atomic E-state index is 13.0. The van der Waals surface area contributed by atoms with Crippen LogP contribution in [0.1, 0.15) is 97.8 Å². The van der Waals surface area contributed by atoms with Crippen molar-refractivity contribution in [3.05, 3.63) is 12.2 Å². The number of carbonyl (C=O) groups excluding carboxylic acids is 1. The second-order valence-electron chi connectivity index (χ2n) is 8.66. The van der Waals surface area contributed by atoms with Gasteiger partial charge in [-0.05, 0) is 45.1 Å². The lowest BCUT2D eigenvalue weighted by Crippen LogP contribution is -2.66. The molecule has 1 saturated carbocycles. The third-order valence-corrected chi connectivity index (χ3v) is 6.62. The van der Waals surface area contributed by atoms with Crippen molar-refractivity contribution < 1.29 is 29.3 Å². The zero-order valence-electron chi connectivity index (χ0n) is 19.0. The Balaban J connectivity index is 3.16. The highest BCUT2D eigenvalue weighted by atomic mass is 16.5. The highest BCUT2D eigenvalue weighted by Crippen LogP contribution is 2.54. The van der Waals surface area contributed by atoms with E-state index >= 15 is 0 Å². The second-order valence-corrected chi connectivity index (χ2v) is 8.66. The number of hydrogen-bond donors (Lipinski definition) is 2. The van der Waals surface area contributed by atoms with E-state index in [0.717, 1.165) is 25.7 Å². The van der Waals surface area contributed by atoms with Crippen molar-refractivity contribution in [2.75, 3.05) is 6.61 Å². The van der Waals surface area contributed by atoms with Crippen LogP contribution in [-0.4, -0.2) is 40.1 Å². The summed E-state index contributed by atoms with van der Waals surface area (Å²) in [5.41, 5.74) is -3.42. The smallest absolute Gasteiger partial charge is 0.337 e. The fourth-order valence-corrected chi connectivity index (χ4v) is 5.11. The summed E-state index contributed by atoms with van der Waals surface area (Å²) in [4.78, 5) is 38.1. The quantitative estimate of drug-likeness (QED) is 0.270. The van der Waals surface area contributed by atoms with E-state index in [1.54, 1.807) is 13.8 Å². The molecule has 0 radical (unpaired) electrons. The molecular weight excluding hydrogens is 384 g/mol. The largest absolute Gasteiger partial charge is 0.481 e. The summed E-state index contributed by atoms with van der Waals surface area (Å²) in [6.07, 6.45) is 9.21. The van der Waals surface area contributed by atoms with Crippen molar-refractivity contribution in [3.63, 3.8) is 0 Å². The minimum atomic E-state index is -1.90. The number of rotatable bonds is 15. The first kappa shape index (κ1) is 26.3. The highest BCUT2D eigenvalue weighted by Gasteiger charge is 2.68. The van der Waals surface area contributed by atoms with E-state index in [0.29, 0.717) is 19.3 Å². The van der Waals surface area contributed by atoms with Crippen LogP contribution in [0.3, 0.4) is 0 Å². The number of aliphatic carboxylic acids is 2. The van der Waals surface area contributed by atoms with E-state index in [-0.39, 0.29) is 30.8 Å². The Labute approximate surface area is 181 Å². The summed E-state index contributed by atoms with van der Waals surface area (Å²) in [5, 5.41) is 20.5. The molecule has 1 aliphatic carbocycles. The zero-order valence-corrected chi connectivity index (χ0v) is 19.0. The van der Waals surface area contributed by atoms with Crippen LogP contribution in [0.2, 0.25) is 0 Å². The summed E-state index contributed by atoms with van der Waals surface area (Å²) in [6, 6.07) is 0. The Hall–Kier alpha value is -1.69. The Morgan fingerprint density at radius 1 is 0.967 bits per heavy atom. The predicted molar refractivity (Wildman–Crippen MR) is 116 cm³/mol. The van der Waals surface area contributed by atoms with Gasteiger partial charge in [0.1, 0.15) is 5.41 Å². The van der Waals surface area contributed by atoms with Gasteiger partial charge in [-0.15, -0.1) is 0 Å². The van der Waals surface area contributed by atoms with Gasteiger partial charge in [0.05, 0.1) is 0 Å². The lowest BCUT2D eigenvalue weighted by atomic mass is 9.53. The van der Waals surface area contributed by atoms with Gasteiger partial charge in [-0.3, -0.25) is 9.59 Å². The normalized spacial score (nSPS) is 26.3. The van der Waals surface area contributed by atoms with Gasteiger partial charge in [0.15, 0.2) is 11.4 Å². The molecule has 0 aromatic carbocycles. The minimum absolute atomic E-state index is 0.0761. The minimum Gasteiger partial charge on any atom is -0.481 e. The first-order valence-electron chi connectivity index (χ1n) is 11.5. The number of hydrogen-bond acceptors (Lipinski definition) is 4. The Bertz CT molecular complexity index is 609. The summed E-state index contributed by atoms with van der Waals surface area (Å²) in [6.45, 7) is 9.18. The molecule has 0 saturated heterocycles. The molecule has 1 fully saturated rings. The molecule has 3 unspecified atom stereocenters. The number of Topliss-reactive ketones (excluding diaryl/α,β-unsaturated/α-hetero) is 1. The van der Waals surface area contributed by atoms with Gasteiger partial charge in [-0.25, -0.2) is 4.79 Å². The molecule has 0 amide bonds. The SMILES string of the molecule is C=C(C)C(=O)C1CCCC(OCC)(C(=O)O)C1(CCCCCCCCCC)C(=O)O. The molecule has 6 nitrogen and oxygen atoms in total. The van der Waals surface area contributed by atoms with Gasteiger partial charge in [0, 0.05) is 12.5 Å². The van der Waals surface area contributed by atoms with Gasteiger partial charge in [-0.2, -0.15) is 0 Å². The van der Waals surface area contributed by atoms with E-state index in [1.165, 1.54) is 19.3 Å². The van der Waals surface area contributed by atoms with E-state index < -0.39 is 28.9 Å². The van der Waals surface area contributed by atoms with Crippen molar-refractivity contribution in [1.29, 1.82) is 0 Å². The number of carbonyl (C=O) groups is 3. The van der Waals surface area contributed by atoms with Crippen LogP contribution in [0.25, 0.3) is 0 Å². The van der Waals surface area contributed by atoms with Crippen LogP contribution in [0.15, 0.2) is 12.2 Å². The Morgan fingerprint density at radius 3 is 2.00 bits per heavy atom. The molecule has 0 bridgehead atoms. The fraction of sp³-hybridized carbons (Fsp3) is 0.792. The van der Waals surface area contributed by atoms with Crippen LogP contribution in [0, 0.1) is 11.3 Å². The molecule has 30 heavy (non-hydrogen) atoms. The lowest BCUT2D eigenvalue weighted by Gasteiger charge is -2.51. The average Bonchev–Trinajstić information content (AvgIpc) is 2.69. The van der Waals surface area contributed by atoms with Gasteiger partial charge < -0.3 is 14.9 Å². The Morgan fingerprint density at radius 2 is 1.53 bits per heavy atom. The maximum Gasteiger partial charge on any atom is 0.337 e. The van der Waals surface area contributed by atoms with Crippen molar-refractivity contribution in [2.24, 2.45) is 11.3 Å². The van der Waals surface area contributed by atoms with Crippen LogP contribution in [-0.2, 0) is 19.1 Å². The molecule has 0 heterocycles. The molecule has 2 N–H and O–H groups in total. The van der Waals surface area contributed by atoms with E-state index in [2.05, 4.69) is 13.5 Å². The van der Waals surface area contributed by atoms with Crippen LogP contribution >= 0.6 is 0 Å². The van der Waals surface area contributed by atoms with Crippen molar-refractivity contribution in [1.82, 2.24) is 0 Å². The monoisotopic (exact) mass is 424 g/mol. The molecule has 1 aliphatic rings. The number of unbranched alkanes of at least 4 members (excludes halogenated alkanes) is 7. The molecule has 172 valence electrons. The fourth-order valence-electron chi connectivity index (χ4n) is 5.11. The Kier molecular flexibility index (Phi) is 10.7.